The molecule has 5 nitrogen and oxygen atoms in total. The van der Waals surface area contributed by atoms with Gasteiger partial charge in [0.1, 0.15) is 0 Å². The third kappa shape index (κ3) is 6.61. The molecule has 1 amide bonds. The average Bonchev–Trinajstić information content (AvgIpc) is 2.66. The number of carboxylic acid groups (broad SMARTS) is 1. The molecule has 2 rings (SSSR count). The largest absolute Gasteiger partial charge is 0.481 e. The lowest BCUT2D eigenvalue weighted by Gasteiger charge is -2.13. The first kappa shape index (κ1) is 19.5. The number of carbonyl (C=O) groups excluding carboxylic acids is 1. The third-order valence-electron chi connectivity index (χ3n) is 3.80. The minimum Gasteiger partial charge on any atom is -0.481 e. The quantitative estimate of drug-likeness (QED) is 0.710. The van der Waals surface area contributed by atoms with Gasteiger partial charge in [-0.25, -0.2) is 0 Å². The van der Waals surface area contributed by atoms with E-state index in [9.17, 15) is 14.7 Å². The van der Waals surface area contributed by atoms with Gasteiger partial charge < -0.3 is 10.4 Å². The van der Waals surface area contributed by atoms with Gasteiger partial charge in [-0.05, 0) is 29.7 Å². The van der Waals surface area contributed by atoms with Gasteiger partial charge in [0.25, 0.3) is 0 Å². The van der Waals surface area contributed by atoms with Crippen molar-refractivity contribution in [2.24, 2.45) is 5.92 Å². The lowest BCUT2D eigenvalue weighted by molar-refractivity contribution is -0.141. The van der Waals surface area contributed by atoms with Gasteiger partial charge in [-0.2, -0.15) is 5.26 Å². The van der Waals surface area contributed by atoms with E-state index < -0.39 is 11.9 Å². The summed E-state index contributed by atoms with van der Waals surface area (Å²) in [6, 6.07) is 18.7. The van der Waals surface area contributed by atoms with Crippen molar-refractivity contribution in [2.75, 3.05) is 12.3 Å². The normalized spacial score (nSPS) is 11.3. The number of carboxylic acids is 1. The number of thioether (sulfide) groups is 1. The molecular weight excluding hydrogens is 348 g/mol. The number of rotatable bonds is 9. The van der Waals surface area contributed by atoms with Crippen LogP contribution in [0.15, 0.2) is 54.6 Å². The predicted octanol–water partition coefficient (Wildman–Crippen LogP) is 2.85. The van der Waals surface area contributed by atoms with E-state index in [-0.39, 0.29) is 18.2 Å². The van der Waals surface area contributed by atoms with E-state index in [1.807, 2.05) is 42.5 Å². The molecular formula is C20H20N2O3S. The maximum atomic E-state index is 11.9. The molecule has 0 heterocycles. The van der Waals surface area contributed by atoms with Crippen LogP contribution >= 0.6 is 11.8 Å². The summed E-state index contributed by atoms with van der Waals surface area (Å²) in [5.41, 5.74) is 2.58. The predicted molar refractivity (Wildman–Crippen MR) is 102 cm³/mol. The van der Waals surface area contributed by atoms with Crippen molar-refractivity contribution in [2.45, 2.75) is 12.2 Å². The molecule has 2 aromatic rings. The van der Waals surface area contributed by atoms with Crippen LogP contribution in [0.4, 0.5) is 0 Å². The fourth-order valence-corrected chi connectivity index (χ4v) is 3.19. The molecule has 1 atom stereocenters. The molecule has 0 spiro atoms. The van der Waals surface area contributed by atoms with E-state index in [1.165, 1.54) is 11.8 Å². The summed E-state index contributed by atoms with van der Waals surface area (Å²) in [5, 5.41) is 20.8. The van der Waals surface area contributed by atoms with Gasteiger partial charge in [-0.3, -0.25) is 9.59 Å². The minimum absolute atomic E-state index is 0.112. The Labute approximate surface area is 157 Å². The van der Waals surface area contributed by atoms with E-state index >= 15 is 0 Å². The van der Waals surface area contributed by atoms with Crippen molar-refractivity contribution in [3.63, 3.8) is 0 Å². The Morgan fingerprint density at radius 3 is 2.38 bits per heavy atom. The highest BCUT2D eigenvalue weighted by atomic mass is 32.2. The summed E-state index contributed by atoms with van der Waals surface area (Å²) in [6.07, 6.45) is 0.384. The SMILES string of the molecule is N#Cc1ccc(CSCC(=O)NCC(Cc2ccccc2)C(=O)O)cc1. The molecule has 1 unspecified atom stereocenters. The summed E-state index contributed by atoms with van der Waals surface area (Å²) in [4.78, 5) is 23.3. The zero-order chi connectivity index (χ0) is 18.8. The van der Waals surface area contributed by atoms with Crippen molar-refractivity contribution in [1.29, 1.82) is 5.26 Å². The van der Waals surface area contributed by atoms with Gasteiger partial charge in [0.15, 0.2) is 0 Å². The molecule has 6 heteroatoms. The van der Waals surface area contributed by atoms with Gasteiger partial charge in [-0.15, -0.1) is 11.8 Å². The lowest BCUT2D eigenvalue weighted by Crippen LogP contribution is -2.35. The number of nitriles is 1. The Balaban J connectivity index is 1.73. The molecule has 0 fully saturated rings. The summed E-state index contributed by atoms with van der Waals surface area (Å²) in [7, 11) is 0. The number of hydrogen-bond acceptors (Lipinski definition) is 4. The van der Waals surface area contributed by atoms with Crippen LogP contribution in [0.1, 0.15) is 16.7 Å². The topological polar surface area (TPSA) is 90.2 Å². The van der Waals surface area contributed by atoms with Crippen LogP contribution in [0.25, 0.3) is 0 Å². The van der Waals surface area contributed by atoms with Crippen molar-refractivity contribution in [3.8, 4) is 6.07 Å². The fraction of sp³-hybridized carbons (Fsp3) is 0.250. The molecule has 134 valence electrons. The molecule has 26 heavy (non-hydrogen) atoms. The van der Waals surface area contributed by atoms with E-state index in [1.54, 1.807) is 12.1 Å². The molecule has 0 radical (unpaired) electrons. The Morgan fingerprint density at radius 2 is 1.77 bits per heavy atom. The zero-order valence-electron chi connectivity index (χ0n) is 14.2. The average molecular weight is 368 g/mol. The number of benzene rings is 2. The molecule has 2 aromatic carbocycles. The first-order valence-corrected chi connectivity index (χ1v) is 9.34. The first-order valence-electron chi connectivity index (χ1n) is 8.18. The van der Waals surface area contributed by atoms with Crippen LogP contribution in [0.3, 0.4) is 0 Å². The lowest BCUT2D eigenvalue weighted by atomic mass is 9.99. The zero-order valence-corrected chi connectivity index (χ0v) is 15.0. The second-order valence-electron chi connectivity index (χ2n) is 5.83. The van der Waals surface area contributed by atoms with Gasteiger partial charge in [0.05, 0.1) is 23.3 Å². The van der Waals surface area contributed by atoms with Gasteiger partial charge in [0.2, 0.25) is 5.91 Å². The van der Waals surface area contributed by atoms with Crippen molar-refractivity contribution < 1.29 is 14.7 Å². The summed E-state index contributed by atoms with van der Waals surface area (Å²) >= 11 is 1.45. The Morgan fingerprint density at radius 1 is 1.08 bits per heavy atom. The highest BCUT2D eigenvalue weighted by Crippen LogP contribution is 2.13. The van der Waals surface area contributed by atoms with Crippen LogP contribution in [-0.4, -0.2) is 29.3 Å². The highest BCUT2D eigenvalue weighted by Gasteiger charge is 2.18. The Kier molecular flexibility index (Phi) is 7.72. The monoisotopic (exact) mass is 368 g/mol. The van der Waals surface area contributed by atoms with Crippen LogP contribution in [0.2, 0.25) is 0 Å². The number of aliphatic carboxylic acids is 1. The number of amides is 1. The second kappa shape index (κ2) is 10.3. The maximum absolute atomic E-state index is 11.9. The Bertz CT molecular complexity index is 770. The van der Waals surface area contributed by atoms with E-state index in [4.69, 9.17) is 5.26 Å². The molecule has 0 aromatic heterocycles. The van der Waals surface area contributed by atoms with Crippen LogP contribution in [0.5, 0.6) is 0 Å². The number of nitrogens with zero attached hydrogens (tertiary/aromatic N) is 1. The third-order valence-corrected chi connectivity index (χ3v) is 4.81. The minimum atomic E-state index is -0.917. The van der Waals surface area contributed by atoms with Gasteiger partial charge >= 0.3 is 5.97 Å². The Hall–Kier alpha value is -2.78. The molecule has 0 bridgehead atoms. The molecule has 0 saturated heterocycles. The summed E-state index contributed by atoms with van der Waals surface area (Å²) in [5.74, 6) is -0.823. The van der Waals surface area contributed by atoms with Crippen molar-refractivity contribution >= 4 is 23.6 Å². The van der Waals surface area contributed by atoms with Crippen molar-refractivity contribution in [3.05, 3.63) is 71.3 Å². The van der Waals surface area contributed by atoms with Crippen LogP contribution in [0, 0.1) is 17.2 Å². The van der Waals surface area contributed by atoms with E-state index in [0.717, 1.165) is 11.1 Å². The maximum Gasteiger partial charge on any atom is 0.308 e. The van der Waals surface area contributed by atoms with Crippen LogP contribution in [-0.2, 0) is 21.8 Å². The standard InChI is InChI=1S/C20H20N2O3S/c21-11-16-6-8-17(9-7-16)13-26-14-19(23)22-12-18(20(24)25)10-15-4-2-1-3-5-15/h1-9,18H,10,12-14H2,(H,22,23)(H,24,25). The van der Waals surface area contributed by atoms with Gasteiger partial charge in [-0.1, -0.05) is 42.5 Å². The molecule has 0 saturated carbocycles. The molecule has 0 aliphatic rings. The van der Waals surface area contributed by atoms with E-state index in [0.29, 0.717) is 17.7 Å². The fourth-order valence-electron chi connectivity index (χ4n) is 2.37. The number of nitrogens with one attached hydrogen (secondary N) is 1. The number of carbonyl (C=O) groups is 2. The molecule has 0 aliphatic heterocycles. The smallest absolute Gasteiger partial charge is 0.308 e. The van der Waals surface area contributed by atoms with Gasteiger partial charge in [0, 0.05) is 12.3 Å². The summed E-state index contributed by atoms with van der Waals surface area (Å²) in [6.45, 7) is 0.112. The van der Waals surface area contributed by atoms with Crippen molar-refractivity contribution in [1.82, 2.24) is 5.32 Å². The molecule has 2 N–H and O–H groups in total. The number of hydrogen-bond donors (Lipinski definition) is 2. The summed E-state index contributed by atoms with van der Waals surface area (Å²) < 4.78 is 0. The first-order chi connectivity index (χ1) is 12.6. The second-order valence-corrected chi connectivity index (χ2v) is 6.82. The van der Waals surface area contributed by atoms with E-state index in [2.05, 4.69) is 11.4 Å². The van der Waals surface area contributed by atoms with Crippen LogP contribution < -0.4 is 5.32 Å². The molecule has 0 aliphatic carbocycles. The highest BCUT2D eigenvalue weighted by molar-refractivity contribution is 7.99.